The minimum absolute atomic E-state index is 0.210. The molecule has 3 N–H and O–H groups in total. The summed E-state index contributed by atoms with van der Waals surface area (Å²) in [7, 11) is 0. The van der Waals surface area contributed by atoms with E-state index in [0.29, 0.717) is 12.1 Å². The van der Waals surface area contributed by atoms with Crippen molar-refractivity contribution in [3.05, 3.63) is 57.8 Å². The van der Waals surface area contributed by atoms with Crippen LogP contribution in [0.1, 0.15) is 11.1 Å². The van der Waals surface area contributed by atoms with E-state index in [2.05, 4.69) is 21.2 Å². The van der Waals surface area contributed by atoms with Crippen molar-refractivity contribution >= 4 is 27.3 Å². The van der Waals surface area contributed by atoms with Gasteiger partial charge in [-0.25, -0.2) is 4.39 Å². The van der Waals surface area contributed by atoms with E-state index in [1.165, 1.54) is 6.07 Å². The van der Waals surface area contributed by atoms with Crippen molar-refractivity contribution in [2.75, 3.05) is 11.1 Å². The third kappa shape index (κ3) is 3.01. The Morgan fingerprint density at radius 2 is 2.00 bits per heavy atom. The fraction of sp³-hybridized carbons (Fsp3) is 0.143. The highest BCUT2D eigenvalue weighted by Gasteiger charge is 2.03. The molecule has 0 radical (unpaired) electrons. The third-order valence-electron chi connectivity index (χ3n) is 2.76. The molecular weight excluding hydrogens is 295 g/mol. The third-order valence-corrected chi connectivity index (χ3v) is 3.25. The summed E-state index contributed by atoms with van der Waals surface area (Å²) in [6.45, 7) is 2.38. The summed E-state index contributed by atoms with van der Waals surface area (Å²) in [5.74, 6) is -0.210. The van der Waals surface area contributed by atoms with E-state index in [1.54, 1.807) is 12.1 Å². The topological polar surface area (TPSA) is 38.0 Å². The van der Waals surface area contributed by atoms with Gasteiger partial charge in [0.2, 0.25) is 0 Å². The second-order valence-corrected chi connectivity index (χ2v) is 5.08. The molecule has 94 valence electrons. The first-order chi connectivity index (χ1) is 8.56. The Hall–Kier alpha value is -1.55. The molecule has 2 aromatic rings. The van der Waals surface area contributed by atoms with Gasteiger partial charge in [-0.3, -0.25) is 0 Å². The number of nitrogen functional groups attached to an aromatic ring is 1. The van der Waals surface area contributed by atoms with Gasteiger partial charge in [-0.15, -0.1) is 0 Å². The lowest BCUT2D eigenvalue weighted by Crippen LogP contribution is -2.02. The second-order valence-electron chi connectivity index (χ2n) is 4.16. The molecule has 0 bridgehead atoms. The first-order valence-electron chi connectivity index (χ1n) is 5.60. The zero-order valence-corrected chi connectivity index (χ0v) is 11.6. The van der Waals surface area contributed by atoms with E-state index in [4.69, 9.17) is 5.73 Å². The summed E-state index contributed by atoms with van der Waals surface area (Å²) in [5, 5.41) is 3.18. The predicted octanol–water partition coefficient (Wildman–Crippen LogP) is 4.09. The van der Waals surface area contributed by atoms with Crippen molar-refractivity contribution in [3.63, 3.8) is 0 Å². The van der Waals surface area contributed by atoms with Crippen molar-refractivity contribution in [2.45, 2.75) is 13.5 Å². The lowest BCUT2D eigenvalue weighted by molar-refractivity contribution is 0.612. The Balaban J connectivity index is 2.11. The number of hydrogen-bond acceptors (Lipinski definition) is 2. The van der Waals surface area contributed by atoms with Crippen molar-refractivity contribution in [1.82, 2.24) is 0 Å². The molecule has 2 nitrogen and oxygen atoms in total. The molecule has 0 aromatic heterocycles. The number of nitrogens with two attached hydrogens (primary N) is 1. The molecular formula is C14H14BrFN2. The molecule has 0 spiro atoms. The predicted molar refractivity (Wildman–Crippen MR) is 77.0 cm³/mol. The van der Waals surface area contributed by atoms with Gasteiger partial charge in [0.25, 0.3) is 0 Å². The number of rotatable bonds is 3. The van der Waals surface area contributed by atoms with Crippen LogP contribution in [0, 0.1) is 12.7 Å². The molecule has 0 aliphatic heterocycles. The van der Waals surface area contributed by atoms with Crippen LogP contribution in [0.3, 0.4) is 0 Å². The Morgan fingerprint density at radius 1 is 1.22 bits per heavy atom. The van der Waals surface area contributed by atoms with E-state index < -0.39 is 0 Å². The summed E-state index contributed by atoms with van der Waals surface area (Å²) >= 11 is 3.33. The van der Waals surface area contributed by atoms with Gasteiger partial charge in [0.05, 0.1) is 0 Å². The molecule has 0 aliphatic rings. The molecule has 18 heavy (non-hydrogen) atoms. The zero-order chi connectivity index (χ0) is 13.1. The van der Waals surface area contributed by atoms with Gasteiger partial charge < -0.3 is 11.1 Å². The number of halogens is 2. The Labute approximate surface area is 114 Å². The summed E-state index contributed by atoms with van der Waals surface area (Å²) in [6, 6.07) is 10.6. The molecule has 0 atom stereocenters. The average molecular weight is 309 g/mol. The van der Waals surface area contributed by atoms with Crippen LogP contribution in [0.15, 0.2) is 40.9 Å². The Morgan fingerprint density at radius 3 is 2.72 bits per heavy atom. The molecule has 0 fully saturated rings. The van der Waals surface area contributed by atoms with E-state index in [0.717, 1.165) is 21.4 Å². The van der Waals surface area contributed by atoms with Gasteiger partial charge in [-0.2, -0.15) is 0 Å². The number of anilines is 2. The van der Waals surface area contributed by atoms with Crippen LogP contribution in [0.4, 0.5) is 15.8 Å². The lowest BCUT2D eigenvalue weighted by Gasteiger charge is -2.09. The highest BCUT2D eigenvalue weighted by Crippen LogP contribution is 2.19. The van der Waals surface area contributed by atoms with E-state index in [1.807, 2.05) is 25.1 Å². The summed E-state index contributed by atoms with van der Waals surface area (Å²) in [4.78, 5) is 0. The number of hydrogen-bond donors (Lipinski definition) is 2. The number of benzene rings is 2. The van der Waals surface area contributed by atoms with E-state index >= 15 is 0 Å². The first kappa shape index (κ1) is 12.9. The first-order valence-corrected chi connectivity index (χ1v) is 6.39. The van der Waals surface area contributed by atoms with Gasteiger partial charge in [0, 0.05) is 28.0 Å². The molecule has 0 amide bonds. The van der Waals surface area contributed by atoms with Crippen molar-refractivity contribution in [1.29, 1.82) is 0 Å². The molecule has 2 aromatic carbocycles. The maximum absolute atomic E-state index is 13.5. The van der Waals surface area contributed by atoms with Gasteiger partial charge in [0.1, 0.15) is 5.82 Å². The maximum atomic E-state index is 13.5. The van der Waals surface area contributed by atoms with Crippen LogP contribution in [-0.4, -0.2) is 0 Å². The smallest absolute Gasteiger partial charge is 0.128 e. The van der Waals surface area contributed by atoms with Crippen LogP contribution >= 0.6 is 15.9 Å². The van der Waals surface area contributed by atoms with Gasteiger partial charge >= 0.3 is 0 Å². The molecule has 0 saturated carbocycles. The highest BCUT2D eigenvalue weighted by molar-refractivity contribution is 9.10. The van der Waals surface area contributed by atoms with Crippen LogP contribution in [-0.2, 0) is 6.54 Å². The number of nitrogens with one attached hydrogen (secondary N) is 1. The summed E-state index contributed by atoms with van der Waals surface area (Å²) in [5.41, 5.74) is 9.07. The SMILES string of the molecule is Cc1cc(NCc2cc(Br)ccc2F)ccc1N. The normalized spacial score (nSPS) is 10.4. The largest absolute Gasteiger partial charge is 0.399 e. The molecule has 2 rings (SSSR count). The van der Waals surface area contributed by atoms with Crippen molar-refractivity contribution < 1.29 is 4.39 Å². The fourth-order valence-electron chi connectivity index (χ4n) is 1.66. The fourth-order valence-corrected chi connectivity index (χ4v) is 2.07. The molecule has 0 aliphatic carbocycles. The van der Waals surface area contributed by atoms with Crippen molar-refractivity contribution in [3.8, 4) is 0 Å². The average Bonchev–Trinajstić information content (AvgIpc) is 2.34. The standard InChI is InChI=1S/C14H14BrFN2/c1-9-6-12(3-5-14(9)17)18-8-10-7-11(15)2-4-13(10)16/h2-7,18H,8,17H2,1H3. The number of aryl methyl sites for hydroxylation is 1. The second kappa shape index (κ2) is 5.40. The monoisotopic (exact) mass is 308 g/mol. The lowest BCUT2D eigenvalue weighted by atomic mass is 10.1. The molecule has 0 heterocycles. The van der Waals surface area contributed by atoms with Gasteiger partial charge in [-0.05, 0) is 48.9 Å². The highest BCUT2D eigenvalue weighted by atomic mass is 79.9. The maximum Gasteiger partial charge on any atom is 0.128 e. The van der Waals surface area contributed by atoms with Crippen LogP contribution in [0.5, 0.6) is 0 Å². The van der Waals surface area contributed by atoms with Crippen LogP contribution in [0.25, 0.3) is 0 Å². The summed E-state index contributed by atoms with van der Waals surface area (Å²) in [6.07, 6.45) is 0. The Bertz CT molecular complexity index is 570. The van der Waals surface area contributed by atoms with Gasteiger partial charge in [-0.1, -0.05) is 15.9 Å². The molecule has 0 saturated heterocycles. The van der Waals surface area contributed by atoms with E-state index in [-0.39, 0.29) is 5.82 Å². The minimum atomic E-state index is -0.210. The van der Waals surface area contributed by atoms with E-state index in [9.17, 15) is 4.39 Å². The molecule has 4 heteroatoms. The minimum Gasteiger partial charge on any atom is -0.399 e. The zero-order valence-electron chi connectivity index (χ0n) is 10.0. The summed E-state index contributed by atoms with van der Waals surface area (Å²) < 4.78 is 14.4. The quantitative estimate of drug-likeness (QED) is 0.838. The van der Waals surface area contributed by atoms with Crippen molar-refractivity contribution in [2.24, 2.45) is 0 Å². The van der Waals surface area contributed by atoms with Crippen LogP contribution in [0.2, 0.25) is 0 Å². The molecule has 0 unspecified atom stereocenters. The van der Waals surface area contributed by atoms with Crippen LogP contribution < -0.4 is 11.1 Å². The Kier molecular flexibility index (Phi) is 3.87. The van der Waals surface area contributed by atoms with Gasteiger partial charge in [0.15, 0.2) is 0 Å².